The fraction of sp³-hybridized carbons (Fsp3) is 0.571. The normalized spacial score (nSPS) is 11.2. The molecule has 104 valence electrons. The van der Waals surface area contributed by atoms with Crippen molar-refractivity contribution in [1.82, 2.24) is 10.3 Å². The van der Waals surface area contributed by atoms with Gasteiger partial charge in [-0.05, 0) is 32.4 Å². The number of hydrogen-bond donors (Lipinski definition) is 1. The summed E-state index contributed by atoms with van der Waals surface area (Å²) in [7, 11) is 0. The molecular weight excluding hydrogens is 240 g/mol. The molecule has 0 aliphatic rings. The van der Waals surface area contributed by atoms with E-state index >= 15 is 0 Å². The lowest BCUT2D eigenvalue weighted by Crippen LogP contribution is -2.24. The van der Waals surface area contributed by atoms with E-state index < -0.39 is 0 Å². The predicted octanol–water partition coefficient (Wildman–Crippen LogP) is 3.49. The monoisotopic (exact) mass is 262 g/mol. The third-order valence-corrected chi connectivity index (χ3v) is 2.47. The van der Waals surface area contributed by atoms with Crippen LogP contribution in [-0.4, -0.2) is 23.5 Å². The van der Waals surface area contributed by atoms with Crippen molar-refractivity contribution in [3.63, 3.8) is 0 Å². The van der Waals surface area contributed by atoms with Crippen LogP contribution in [0.2, 0.25) is 0 Å². The number of carbonyl (C=O) groups excluding carboxylic acids is 1. The van der Waals surface area contributed by atoms with Crippen LogP contribution in [0.5, 0.6) is 0 Å². The van der Waals surface area contributed by atoms with E-state index in [0.717, 1.165) is 19.3 Å². The van der Waals surface area contributed by atoms with Gasteiger partial charge in [-0.1, -0.05) is 19.8 Å². The molecule has 0 saturated carbocycles. The minimum atomic E-state index is -0.0871. The first-order valence-electron chi connectivity index (χ1n) is 6.78. The Kier molecular flexibility index (Phi) is 6.71. The Morgan fingerprint density at radius 3 is 2.74 bits per heavy atom. The third kappa shape index (κ3) is 6.08. The van der Waals surface area contributed by atoms with Gasteiger partial charge in [0.2, 0.25) is 0 Å². The molecule has 0 spiro atoms. The Hall–Kier alpha value is -1.78. The maximum Gasteiger partial charge on any atom is 0.252 e. The number of azo groups is 1. The van der Waals surface area contributed by atoms with E-state index in [0.29, 0.717) is 17.9 Å². The molecule has 1 aromatic heterocycles. The van der Waals surface area contributed by atoms with Gasteiger partial charge >= 0.3 is 0 Å². The van der Waals surface area contributed by atoms with E-state index in [-0.39, 0.29) is 11.9 Å². The number of unbranched alkanes of at least 4 members (excludes halogenated alkanes) is 2. The first kappa shape index (κ1) is 15.3. The van der Waals surface area contributed by atoms with Gasteiger partial charge < -0.3 is 5.32 Å². The lowest BCUT2D eigenvalue weighted by atomic mass is 10.2. The summed E-state index contributed by atoms with van der Waals surface area (Å²) >= 11 is 0. The molecule has 0 fully saturated rings. The summed E-state index contributed by atoms with van der Waals surface area (Å²) < 4.78 is 0. The maximum absolute atomic E-state index is 11.8. The quantitative estimate of drug-likeness (QED) is 0.603. The van der Waals surface area contributed by atoms with Gasteiger partial charge in [0, 0.05) is 12.7 Å². The number of rotatable bonds is 7. The molecule has 0 aromatic carbocycles. The molecule has 1 aromatic rings. The van der Waals surface area contributed by atoms with Crippen LogP contribution in [0.15, 0.2) is 28.6 Å². The van der Waals surface area contributed by atoms with Crippen molar-refractivity contribution in [2.75, 3.05) is 6.54 Å². The van der Waals surface area contributed by atoms with Gasteiger partial charge in [-0.3, -0.25) is 4.79 Å². The second-order valence-electron chi connectivity index (χ2n) is 4.68. The fourth-order valence-electron chi connectivity index (χ4n) is 1.43. The summed E-state index contributed by atoms with van der Waals surface area (Å²) in [5.74, 6) is 0.437. The van der Waals surface area contributed by atoms with Crippen molar-refractivity contribution in [2.45, 2.75) is 46.1 Å². The number of nitrogens with zero attached hydrogens (tertiary/aromatic N) is 3. The fourth-order valence-corrected chi connectivity index (χ4v) is 1.43. The van der Waals surface area contributed by atoms with Gasteiger partial charge in [0.05, 0.1) is 11.6 Å². The highest BCUT2D eigenvalue weighted by Gasteiger charge is 2.05. The Morgan fingerprint density at radius 2 is 2.16 bits per heavy atom. The van der Waals surface area contributed by atoms with Gasteiger partial charge in [0.25, 0.3) is 5.91 Å². The number of nitrogens with one attached hydrogen (secondary N) is 1. The first-order valence-corrected chi connectivity index (χ1v) is 6.78. The minimum Gasteiger partial charge on any atom is -0.352 e. The molecule has 1 amide bonds. The van der Waals surface area contributed by atoms with Gasteiger partial charge in [0.1, 0.15) is 0 Å². The summed E-state index contributed by atoms with van der Waals surface area (Å²) in [6, 6.07) is 3.56. The summed E-state index contributed by atoms with van der Waals surface area (Å²) in [6.07, 6.45) is 4.82. The summed E-state index contributed by atoms with van der Waals surface area (Å²) in [5, 5.41) is 10.8. The van der Waals surface area contributed by atoms with E-state index in [9.17, 15) is 4.79 Å². The molecule has 0 atom stereocenters. The minimum absolute atomic E-state index is 0.0871. The zero-order valence-corrected chi connectivity index (χ0v) is 11.9. The first-order chi connectivity index (χ1) is 9.13. The third-order valence-electron chi connectivity index (χ3n) is 2.47. The Balaban J connectivity index is 2.49. The topological polar surface area (TPSA) is 66.7 Å². The molecule has 19 heavy (non-hydrogen) atoms. The highest BCUT2D eigenvalue weighted by atomic mass is 16.1. The van der Waals surface area contributed by atoms with E-state index in [1.54, 1.807) is 12.1 Å². The molecule has 0 radical (unpaired) electrons. The van der Waals surface area contributed by atoms with Crippen molar-refractivity contribution < 1.29 is 4.79 Å². The highest BCUT2D eigenvalue weighted by molar-refractivity contribution is 5.93. The van der Waals surface area contributed by atoms with E-state index in [2.05, 4.69) is 27.5 Å². The van der Waals surface area contributed by atoms with Gasteiger partial charge in [-0.25, -0.2) is 4.98 Å². The van der Waals surface area contributed by atoms with Crippen LogP contribution in [0.3, 0.4) is 0 Å². The van der Waals surface area contributed by atoms with Gasteiger partial charge in [-0.2, -0.15) is 5.11 Å². The van der Waals surface area contributed by atoms with Crippen LogP contribution in [0.1, 0.15) is 50.4 Å². The number of aromatic nitrogens is 1. The zero-order valence-electron chi connectivity index (χ0n) is 11.9. The molecule has 1 rings (SSSR count). The van der Waals surface area contributed by atoms with Crippen molar-refractivity contribution in [3.8, 4) is 0 Å². The second-order valence-corrected chi connectivity index (χ2v) is 4.68. The van der Waals surface area contributed by atoms with Crippen LogP contribution in [-0.2, 0) is 0 Å². The molecule has 0 unspecified atom stereocenters. The standard InChI is InChI=1S/C14H22N4O/c1-4-5-6-9-15-14(19)12-7-8-13(16-10-12)18-17-11(2)3/h7-8,10-11H,4-6,9H2,1-3H3,(H,15,19). The largest absolute Gasteiger partial charge is 0.352 e. The van der Waals surface area contributed by atoms with E-state index in [1.165, 1.54) is 6.20 Å². The van der Waals surface area contributed by atoms with Crippen LogP contribution in [0.25, 0.3) is 0 Å². The number of hydrogen-bond acceptors (Lipinski definition) is 4. The summed E-state index contributed by atoms with van der Waals surface area (Å²) in [6.45, 7) is 6.74. The van der Waals surface area contributed by atoms with Crippen molar-refractivity contribution in [1.29, 1.82) is 0 Å². The SMILES string of the molecule is CCCCCNC(=O)c1ccc(N=NC(C)C)nc1. The molecular formula is C14H22N4O. The van der Waals surface area contributed by atoms with E-state index in [1.807, 2.05) is 13.8 Å². The molecule has 1 heterocycles. The summed E-state index contributed by atoms with van der Waals surface area (Å²) in [5.41, 5.74) is 0.556. The Morgan fingerprint density at radius 1 is 1.37 bits per heavy atom. The predicted molar refractivity (Wildman–Crippen MR) is 75.7 cm³/mol. The molecule has 0 saturated heterocycles. The van der Waals surface area contributed by atoms with E-state index in [4.69, 9.17) is 0 Å². The lowest BCUT2D eigenvalue weighted by Gasteiger charge is -2.04. The number of pyridine rings is 1. The van der Waals surface area contributed by atoms with Gasteiger partial charge in [-0.15, -0.1) is 5.11 Å². The van der Waals surface area contributed by atoms with Crippen LogP contribution < -0.4 is 5.32 Å². The van der Waals surface area contributed by atoms with Crippen LogP contribution >= 0.6 is 0 Å². The summed E-state index contributed by atoms with van der Waals surface area (Å²) in [4.78, 5) is 15.9. The Bertz CT molecular complexity index is 412. The molecule has 0 aliphatic carbocycles. The van der Waals surface area contributed by atoms with Crippen molar-refractivity contribution in [2.24, 2.45) is 10.2 Å². The van der Waals surface area contributed by atoms with Gasteiger partial charge in [0.15, 0.2) is 5.82 Å². The highest BCUT2D eigenvalue weighted by Crippen LogP contribution is 2.10. The van der Waals surface area contributed by atoms with Crippen LogP contribution in [0.4, 0.5) is 5.82 Å². The maximum atomic E-state index is 11.8. The number of amides is 1. The molecule has 5 nitrogen and oxygen atoms in total. The molecule has 0 bridgehead atoms. The Labute approximate surface area is 114 Å². The average molecular weight is 262 g/mol. The van der Waals surface area contributed by atoms with Crippen molar-refractivity contribution in [3.05, 3.63) is 23.9 Å². The van der Waals surface area contributed by atoms with Crippen LogP contribution in [0, 0.1) is 0 Å². The molecule has 0 aliphatic heterocycles. The average Bonchev–Trinajstić information content (AvgIpc) is 2.41. The lowest BCUT2D eigenvalue weighted by molar-refractivity contribution is 0.0952. The zero-order chi connectivity index (χ0) is 14.1. The molecule has 1 N–H and O–H groups in total. The second kappa shape index (κ2) is 8.34. The van der Waals surface area contributed by atoms with Crippen molar-refractivity contribution >= 4 is 11.7 Å². The molecule has 5 heteroatoms. The smallest absolute Gasteiger partial charge is 0.252 e. The number of carbonyl (C=O) groups is 1.